The van der Waals surface area contributed by atoms with Gasteiger partial charge in [0, 0.05) is 29.9 Å². The Bertz CT molecular complexity index is 886. The fraction of sp³-hybridized carbons (Fsp3) is 0.238. The molecule has 26 heavy (non-hydrogen) atoms. The van der Waals surface area contributed by atoms with Gasteiger partial charge in [-0.1, -0.05) is 48.5 Å². The van der Waals surface area contributed by atoms with Gasteiger partial charge < -0.3 is 15.4 Å². The summed E-state index contributed by atoms with van der Waals surface area (Å²) in [6.07, 6.45) is 4.00. The van der Waals surface area contributed by atoms with Crippen molar-refractivity contribution in [1.82, 2.24) is 10.3 Å². The average molecular weight is 350 g/mol. The number of carboxylic acid groups (broad SMARTS) is 1. The zero-order valence-electron chi connectivity index (χ0n) is 14.4. The van der Waals surface area contributed by atoms with E-state index in [1.54, 1.807) is 0 Å². The zero-order chi connectivity index (χ0) is 18.4. The van der Waals surface area contributed by atoms with Gasteiger partial charge in [-0.15, -0.1) is 0 Å². The van der Waals surface area contributed by atoms with Crippen molar-refractivity contribution in [2.75, 3.05) is 0 Å². The highest BCUT2D eigenvalue weighted by molar-refractivity contribution is 5.84. The summed E-state index contributed by atoms with van der Waals surface area (Å²) in [4.78, 5) is 26.8. The first-order valence-electron chi connectivity index (χ1n) is 8.74. The number of benzene rings is 2. The van der Waals surface area contributed by atoms with Crippen LogP contribution in [0.1, 0.15) is 24.0 Å². The summed E-state index contributed by atoms with van der Waals surface area (Å²) < 4.78 is 0. The number of aromatic amines is 1. The number of aryl methyl sites for hydroxylation is 1. The Hall–Kier alpha value is -3.08. The van der Waals surface area contributed by atoms with Crippen molar-refractivity contribution in [2.45, 2.75) is 31.7 Å². The van der Waals surface area contributed by atoms with Crippen LogP contribution >= 0.6 is 0 Å². The van der Waals surface area contributed by atoms with E-state index in [0.29, 0.717) is 12.8 Å². The van der Waals surface area contributed by atoms with Gasteiger partial charge in [-0.2, -0.15) is 0 Å². The molecule has 0 aliphatic heterocycles. The lowest BCUT2D eigenvalue weighted by atomic mass is 10.0. The first-order chi connectivity index (χ1) is 12.6. The lowest BCUT2D eigenvalue weighted by Gasteiger charge is -2.14. The standard InChI is InChI=1S/C21H22N2O3/c24-20(23-19(21(25)26)13-15-7-2-1-3-8-15)12-6-9-16-14-22-18-11-5-4-10-17(16)18/h1-5,7-8,10-11,14,19,22H,6,9,12-13H2,(H,23,24)(H,25,26)/t19-/m1/s1. The monoisotopic (exact) mass is 350 g/mol. The predicted molar refractivity (Wildman–Crippen MR) is 101 cm³/mol. The van der Waals surface area contributed by atoms with Crippen molar-refractivity contribution in [3.05, 3.63) is 71.9 Å². The van der Waals surface area contributed by atoms with E-state index >= 15 is 0 Å². The third-order valence-electron chi connectivity index (χ3n) is 4.44. The Balaban J connectivity index is 1.51. The van der Waals surface area contributed by atoms with Crippen LogP contribution < -0.4 is 5.32 Å². The summed E-state index contributed by atoms with van der Waals surface area (Å²) in [6, 6.07) is 16.5. The van der Waals surface area contributed by atoms with Crippen LogP contribution in [0.15, 0.2) is 60.8 Å². The number of carbonyl (C=O) groups excluding carboxylic acids is 1. The molecule has 5 nitrogen and oxygen atoms in total. The lowest BCUT2D eigenvalue weighted by molar-refractivity contribution is -0.141. The number of fused-ring (bicyclic) bond motifs is 1. The number of rotatable bonds is 8. The second-order valence-corrected chi connectivity index (χ2v) is 6.36. The average Bonchev–Trinajstić information content (AvgIpc) is 3.05. The Morgan fingerprint density at radius 3 is 2.54 bits per heavy atom. The molecule has 1 aromatic heterocycles. The third-order valence-corrected chi connectivity index (χ3v) is 4.44. The van der Waals surface area contributed by atoms with Gasteiger partial charge in [0.1, 0.15) is 6.04 Å². The molecule has 1 heterocycles. The molecule has 0 aliphatic rings. The molecule has 134 valence electrons. The first-order valence-corrected chi connectivity index (χ1v) is 8.74. The number of H-pyrrole nitrogens is 1. The Morgan fingerprint density at radius 1 is 1.04 bits per heavy atom. The number of hydrogen-bond donors (Lipinski definition) is 3. The molecule has 0 radical (unpaired) electrons. The molecule has 1 amide bonds. The van der Waals surface area contributed by atoms with Gasteiger partial charge >= 0.3 is 5.97 Å². The van der Waals surface area contributed by atoms with Crippen molar-refractivity contribution < 1.29 is 14.7 Å². The molecule has 2 aromatic carbocycles. The van der Waals surface area contributed by atoms with Gasteiger partial charge in [-0.05, 0) is 30.0 Å². The molecule has 0 saturated heterocycles. The maximum Gasteiger partial charge on any atom is 0.326 e. The summed E-state index contributed by atoms with van der Waals surface area (Å²) in [5, 5.41) is 13.2. The van der Waals surface area contributed by atoms with Crippen LogP contribution in [0.4, 0.5) is 0 Å². The van der Waals surface area contributed by atoms with Crippen LogP contribution in [0, 0.1) is 0 Å². The number of carboxylic acids is 1. The highest BCUT2D eigenvalue weighted by atomic mass is 16.4. The highest BCUT2D eigenvalue weighted by Gasteiger charge is 2.20. The minimum atomic E-state index is -1.01. The van der Waals surface area contributed by atoms with Crippen LogP contribution in [-0.4, -0.2) is 28.0 Å². The second-order valence-electron chi connectivity index (χ2n) is 6.36. The van der Waals surface area contributed by atoms with Gasteiger partial charge in [0.15, 0.2) is 0 Å². The van der Waals surface area contributed by atoms with Crippen LogP contribution in [-0.2, 0) is 22.4 Å². The summed E-state index contributed by atoms with van der Waals surface area (Å²) in [6.45, 7) is 0. The Kier molecular flexibility index (Phi) is 5.69. The van der Waals surface area contributed by atoms with Gasteiger partial charge in [0.05, 0.1) is 0 Å². The quantitative estimate of drug-likeness (QED) is 0.583. The molecule has 0 aliphatic carbocycles. The van der Waals surface area contributed by atoms with E-state index in [0.717, 1.165) is 17.5 Å². The largest absolute Gasteiger partial charge is 0.480 e. The molecule has 0 fully saturated rings. The minimum absolute atomic E-state index is 0.229. The number of aliphatic carboxylic acids is 1. The van der Waals surface area contributed by atoms with Crippen molar-refractivity contribution in [3.8, 4) is 0 Å². The molecule has 1 atom stereocenters. The van der Waals surface area contributed by atoms with Crippen LogP contribution in [0.25, 0.3) is 10.9 Å². The zero-order valence-corrected chi connectivity index (χ0v) is 14.4. The topological polar surface area (TPSA) is 82.2 Å². The highest BCUT2D eigenvalue weighted by Crippen LogP contribution is 2.19. The maximum atomic E-state index is 12.2. The number of amides is 1. The van der Waals surface area contributed by atoms with Crippen LogP contribution in [0.3, 0.4) is 0 Å². The number of aromatic nitrogens is 1. The molecule has 5 heteroatoms. The molecule has 3 rings (SSSR count). The van der Waals surface area contributed by atoms with Crippen molar-refractivity contribution in [3.63, 3.8) is 0 Å². The Morgan fingerprint density at radius 2 is 1.77 bits per heavy atom. The van der Waals surface area contributed by atoms with E-state index in [4.69, 9.17) is 0 Å². The van der Waals surface area contributed by atoms with E-state index in [-0.39, 0.29) is 12.3 Å². The SMILES string of the molecule is O=C(CCCc1c[nH]c2ccccc12)N[C@H](Cc1ccccc1)C(=O)O. The van der Waals surface area contributed by atoms with Crippen molar-refractivity contribution in [2.24, 2.45) is 0 Å². The molecule has 0 saturated carbocycles. The van der Waals surface area contributed by atoms with Crippen LogP contribution in [0.2, 0.25) is 0 Å². The molecule has 0 bridgehead atoms. The van der Waals surface area contributed by atoms with Crippen molar-refractivity contribution >= 4 is 22.8 Å². The normalized spacial score (nSPS) is 12.0. The summed E-state index contributed by atoms with van der Waals surface area (Å²) in [5.41, 5.74) is 3.15. The van der Waals surface area contributed by atoms with E-state index in [1.165, 1.54) is 10.9 Å². The molecule has 0 unspecified atom stereocenters. The fourth-order valence-corrected chi connectivity index (χ4v) is 3.09. The van der Waals surface area contributed by atoms with Gasteiger partial charge in [0.2, 0.25) is 5.91 Å². The molecular weight excluding hydrogens is 328 g/mol. The van der Waals surface area contributed by atoms with E-state index in [9.17, 15) is 14.7 Å². The smallest absolute Gasteiger partial charge is 0.326 e. The van der Waals surface area contributed by atoms with Gasteiger partial charge in [0.25, 0.3) is 0 Å². The Labute approximate surface area is 152 Å². The second kappa shape index (κ2) is 8.34. The van der Waals surface area contributed by atoms with E-state index < -0.39 is 12.0 Å². The van der Waals surface area contributed by atoms with E-state index in [2.05, 4.69) is 16.4 Å². The third kappa shape index (κ3) is 4.51. The maximum absolute atomic E-state index is 12.2. The van der Waals surface area contributed by atoms with Gasteiger partial charge in [-0.3, -0.25) is 4.79 Å². The summed E-state index contributed by atoms with van der Waals surface area (Å²) >= 11 is 0. The minimum Gasteiger partial charge on any atom is -0.480 e. The van der Waals surface area contributed by atoms with E-state index in [1.807, 2.05) is 54.7 Å². The summed E-state index contributed by atoms with van der Waals surface area (Å²) in [7, 11) is 0. The number of nitrogens with one attached hydrogen (secondary N) is 2. The molecular formula is C21H22N2O3. The first kappa shape index (κ1) is 17.7. The predicted octanol–water partition coefficient (Wildman–Crippen LogP) is 3.30. The number of carbonyl (C=O) groups is 2. The molecule has 3 aromatic rings. The molecule has 3 N–H and O–H groups in total. The lowest BCUT2D eigenvalue weighted by Crippen LogP contribution is -2.42. The number of para-hydroxylation sites is 1. The van der Waals surface area contributed by atoms with Crippen molar-refractivity contribution in [1.29, 1.82) is 0 Å². The summed E-state index contributed by atoms with van der Waals surface area (Å²) in [5.74, 6) is -1.24. The van der Waals surface area contributed by atoms with Crippen LogP contribution in [0.5, 0.6) is 0 Å². The fourth-order valence-electron chi connectivity index (χ4n) is 3.09. The number of hydrogen-bond acceptors (Lipinski definition) is 2. The van der Waals surface area contributed by atoms with Gasteiger partial charge in [-0.25, -0.2) is 4.79 Å². The molecule has 0 spiro atoms.